The lowest BCUT2D eigenvalue weighted by Crippen LogP contribution is -2.47. The number of carbonyl (C=O) groups is 2. The number of rotatable bonds is 4. The number of nitrogens with zero attached hydrogens (tertiary/aromatic N) is 4. The van der Waals surface area contributed by atoms with Gasteiger partial charge in [0.15, 0.2) is 9.84 Å². The predicted octanol–water partition coefficient (Wildman–Crippen LogP) is -0.403. The smallest absolute Gasteiger partial charge is 0.225 e. The monoisotopic (exact) mass is 407 g/mol. The van der Waals surface area contributed by atoms with E-state index in [2.05, 4.69) is 20.2 Å². The summed E-state index contributed by atoms with van der Waals surface area (Å²) < 4.78 is 23.4. The van der Waals surface area contributed by atoms with Crippen molar-refractivity contribution < 1.29 is 18.0 Å². The molecule has 4 rings (SSSR count). The van der Waals surface area contributed by atoms with Gasteiger partial charge in [-0.2, -0.15) is 0 Å². The Morgan fingerprint density at radius 2 is 1.86 bits per heavy atom. The normalized spacial score (nSPS) is 27.9. The molecule has 9 nitrogen and oxygen atoms in total. The largest absolute Gasteiger partial charge is 0.353 e. The number of amides is 2. The molecule has 0 bridgehead atoms. The highest BCUT2D eigenvalue weighted by Crippen LogP contribution is 2.26. The second-order valence-electron chi connectivity index (χ2n) is 7.82. The van der Waals surface area contributed by atoms with Gasteiger partial charge in [0.1, 0.15) is 0 Å². The molecule has 152 valence electrons. The lowest BCUT2D eigenvalue weighted by molar-refractivity contribution is -0.130. The first kappa shape index (κ1) is 19.1. The third-order valence-electron chi connectivity index (χ3n) is 5.85. The molecule has 3 saturated heterocycles. The molecule has 2 atom stereocenters. The van der Waals surface area contributed by atoms with Crippen LogP contribution >= 0.6 is 0 Å². The molecule has 1 aromatic heterocycles. The Labute approximate surface area is 164 Å². The maximum atomic E-state index is 12.7. The minimum atomic E-state index is -3.05. The van der Waals surface area contributed by atoms with Crippen molar-refractivity contribution in [3.05, 3.63) is 18.5 Å². The molecular formula is C18H25N5O4S. The van der Waals surface area contributed by atoms with E-state index in [1.165, 1.54) is 0 Å². The first-order chi connectivity index (χ1) is 13.4. The summed E-state index contributed by atoms with van der Waals surface area (Å²) in [5.41, 5.74) is 0. The Morgan fingerprint density at radius 1 is 1.14 bits per heavy atom. The van der Waals surface area contributed by atoms with Crippen LogP contribution in [0.5, 0.6) is 0 Å². The van der Waals surface area contributed by atoms with E-state index in [0.717, 1.165) is 25.9 Å². The van der Waals surface area contributed by atoms with E-state index < -0.39 is 15.8 Å². The second kappa shape index (κ2) is 7.65. The molecule has 0 spiro atoms. The SMILES string of the molecule is O=C(NC1CCN(c2ncccn2)CC1)[C@H]1CC(=O)N([C@@H]2CCS(=O)(=O)C2)C1. The predicted molar refractivity (Wildman–Crippen MR) is 102 cm³/mol. The molecule has 3 aliphatic rings. The molecular weight excluding hydrogens is 382 g/mol. The summed E-state index contributed by atoms with van der Waals surface area (Å²) in [5.74, 6) is 0.237. The topological polar surface area (TPSA) is 113 Å². The average Bonchev–Trinajstić information content (AvgIpc) is 3.25. The van der Waals surface area contributed by atoms with Crippen LogP contribution in [0.1, 0.15) is 25.7 Å². The lowest BCUT2D eigenvalue weighted by Gasteiger charge is -2.32. The van der Waals surface area contributed by atoms with Gasteiger partial charge in [-0.1, -0.05) is 0 Å². The molecule has 0 aromatic carbocycles. The van der Waals surface area contributed by atoms with Crippen molar-refractivity contribution in [3.63, 3.8) is 0 Å². The van der Waals surface area contributed by atoms with Crippen molar-refractivity contribution in [2.75, 3.05) is 36.0 Å². The zero-order valence-electron chi connectivity index (χ0n) is 15.7. The van der Waals surface area contributed by atoms with Crippen LogP contribution < -0.4 is 10.2 Å². The van der Waals surface area contributed by atoms with Gasteiger partial charge in [-0.25, -0.2) is 18.4 Å². The van der Waals surface area contributed by atoms with Crippen molar-refractivity contribution in [3.8, 4) is 0 Å². The first-order valence-electron chi connectivity index (χ1n) is 9.73. The van der Waals surface area contributed by atoms with Gasteiger partial charge in [-0.3, -0.25) is 9.59 Å². The highest BCUT2D eigenvalue weighted by Gasteiger charge is 2.42. The standard InChI is InChI=1S/C18H25N5O4S/c24-16-10-13(11-23(16)15-4-9-28(26,27)12-15)17(25)21-14-2-7-22(8-3-14)18-19-5-1-6-20-18/h1,5-6,13-15H,2-4,7-12H2,(H,21,25)/t13-,15+/m0/s1. The quantitative estimate of drug-likeness (QED) is 0.722. The number of aromatic nitrogens is 2. The van der Waals surface area contributed by atoms with Crippen molar-refractivity contribution in [1.29, 1.82) is 0 Å². The number of piperidine rings is 1. The molecule has 10 heteroatoms. The van der Waals surface area contributed by atoms with Crippen molar-refractivity contribution in [1.82, 2.24) is 20.2 Å². The second-order valence-corrected chi connectivity index (χ2v) is 10.1. The van der Waals surface area contributed by atoms with E-state index in [0.29, 0.717) is 18.9 Å². The van der Waals surface area contributed by atoms with Gasteiger partial charge in [0.2, 0.25) is 17.8 Å². The minimum Gasteiger partial charge on any atom is -0.353 e. The molecule has 0 aliphatic carbocycles. The number of nitrogens with one attached hydrogen (secondary N) is 1. The number of hydrogen-bond donors (Lipinski definition) is 1. The van der Waals surface area contributed by atoms with Crippen LogP contribution in [0.4, 0.5) is 5.95 Å². The molecule has 3 fully saturated rings. The van der Waals surface area contributed by atoms with Crippen LogP contribution in [0.15, 0.2) is 18.5 Å². The lowest BCUT2D eigenvalue weighted by atomic mass is 10.0. The van der Waals surface area contributed by atoms with Crippen LogP contribution in [0.3, 0.4) is 0 Å². The van der Waals surface area contributed by atoms with Gasteiger partial charge >= 0.3 is 0 Å². The highest BCUT2D eigenvalue weighted by molar-refractivity contribution is 7.91. The first-order valence-corrected chi connectivity index (χ1v) is 11.6. The number of hydrogen-bond acceptors (Lipinski definition) is 7. The summed E-state index contributed by atoms with van der Waals surface area (Å²) >= 11 is 0. The van der Waals surface area contributed by atoms with Gasteiger partial charge in [-0.15, -0.1) is 0 Å². The van der Waals surface area contributed by atoms with E-state index in [1.807, 2.05) is 0 Å². The van der Waals surface area contributed by atoms with Gasteiger partial charge in [0, 0.05) is 50.5 Å². The average molecular weight is 407 g/mol. The minimum absolute atomic E-state index is 0.0209. The number of carbonyl (C=O) groups excluding carboxylic acids is 2. The van der Waals surface area contributed by atoms with Crippen LogP contribution in [-0.4, -0.2) is 78.3 Å². The third-order valence-corrected chi connectivity index (χ3v) is 7.61. The van der Waals surface area contributed by atoms with Crippen LogP contribution in [0.2, 0.25) is 0 Å². The summed E-state index contributed by atoms with van der Waals surface area (Å²) in [4.78, 5) is 37.2. The van der Waals surface area contributed by atoms with E-state index in [-0.39, 0.29) is 41.8 Å². The molecule has 2 amide bonds. The summed E-state index contributed by atoms with van der Waals surface area (Å²) in [6.07, 6.45) is 5.68. The van der Waals surface area contributed by atoms with E-state index >= 15 is 0 Å². The van der Waals surface area contributed by atoms with Crippen molar-refractivity contribution in [2.24, 2.45) is 5.92 Å². The molecule has 1 aromatic rings. The third kappa shape index (κ3) is 4.11. The zero-order chi connectivity index (χ0) is 19.7. The van der Waals surface area contributed by atoms with Crippen LogP contribution in [0.25, 0.3) is 0 Å². The molecule has 3 aliphatic heterocycles. The van der Waals surface area contributed by atoms with Crippen LogP contribution in [0, 0.1) is 5.92 Å². The maximum absolute atomic E-state index is 12.7. The highest BCUT2D eigenvalue weighted by atomic mass is 32.2. The Kier molecular flexibility index (Phi) is 5.22. The van der Waals surface area contributed by atoms with Gasteiger partial charge in [-0.05, 0) is 25.3 Å². The number of sulfone groups is 1. The van der Waals surface area contributed by atoms with E-state index in [4.69, 9.17) is 0 Å². The van der Waals surface area contributed by atoms with E-state index in [1.54, 1.807) is 23.4 Å². The Morgan fingerprint density at radius 3 is 2.50 bits per heavy atom. The van der Waals surface area contributed by atoms with Crippen molar-refractivity contribution in [2.45, 2.75) is 37.8 Å². The van der Waals surface area contributed by atoms with E-state index in [9.17, 15) is 18.0 Å². The summed E-state index contributed by atoms with van der Waals surface area (Å²) in [6, 6.07) is 1.58. The van der Waals surface area contributed by atoms with Gasteiger partial charge < -0.3 is 15.1 Å². The Balaban J connectivity index is 1.27. The van der Waals surface area contributed by atoms with Crippen LogP contribution in [-0.2, 0) is 19.4 Å². The molecule has 1 N–H and O–H groups in total. The molecule has 0 radical (unpaired) electrons. The fourth-order valence-corrected chi connectivity index (χ4v) is 6.01. The molecule has 28 heavy (non-hydrogen) atoms. The zero-order valence-corrected chi connectivity index (χ0v) is 16.5. The maximum Gasteiger partial charge on any atom is 0.225 e. The Hall–Kier alpha value is -2.23. The number of anilines is 1. The molecule has 0 saturated carbocycles. The summed E-state index contributed by atoms with van der Waals surface area (Å²) in [6.45, 7) is 1.86. The fraction of sp³-hybridized carbons (Fsp3) is 0.667. The Bertz CT molecular complexity index is 839. The van der Waals surface area contributed by atoms with Gasteiger partial charge in [0.05, 0.1) is 17.4 Å². The van der Waals surface area contributed by atoms with Gasteiger partial charge in [0.25, 0.3) is 0 Å². The molecule has 4 heterocycles. The van der Waals surface area contributed by atoms with Crippen molar-refractivity contribution >= 4 is 27.6 Å². The summed E-state index contributed by atoms with van der Waals surface area (Å²) in [7, 11) is -3.05. The summed E-state index contributed by atoms with van der Waals surface area (Å²) in [5, 5.41) is 3.08. The molecule has 0 unspecified atom stereocenters. The fourth-order valence-electron chi connectivity index (χ4n) is 4.28. The number of likely N-dealkylation sites (tertiary alicyclic amines) is 1.